The van der Waals surface area contributed by atoms with Crippen LogP contribution in [-0.2, 0) is 14.3 Å². The first kappa shape index (κ1) is 22.1. The summed E-state index contributed by atoms with van der Waals surface area (Å²) in [6.07, 6.45) is -1.47. The van der Waals surface area contributed by atoms with E-state index in [2.05, 4.69) is 16.0 Å². The van der Waals surface area contributed by atoms with Crippen molar-refractivity contribution in [2.45, 2.75) is 58.9 Å². The van der Waals surface area contributed by atoms with Crippen molar-refractivity contribution < 1.29 is 29.3 Å². The molecule has 0 bridgehead atoms. The van der Waals surface area contributed by atoms with E-state index in [0.717, 1.165) is 0 Å². The number of hydrogen-bond acceptors (Lipinski definition) is 6. The molecule has 140 valence electrons. The van der Waals surface area contributed by atoms with Crippen molar-refractivity contribution in [3.05, 3.63) is 0 Å². The Labute approximate surface area is 142 Å². The lowest BCUT2D eigenvalue weighted by atomic mass is 10.0. The summed E-state index contributed by atoms with van der Waals surface area (Å²) in [4.78, 5) is 34.0. The number of alkyl carbamates (subject to hydrolysis) is 1. The summed E-state index contributed by atoms with van der Waals surface area (Å²) in [5.41, 5.74) is -0.653. The van der Waals surface area contributed by atoms with Crippen LogP contribution in [0.4, 0.5) is 4.79 Å². The lowest BCUT2D eigenvalue weighted by molar-refractivity contribution is -0.138. The van der Waals surface area contributed by atoms with E-state index in [1.165, 1.54) is 0 Å². The highest BCUT2D eigenvalue weighted by molar-refractivity contribution is 5.85. The van der Waals surface area contributed by atoms with Crippen molar-refractivity contribution in [3.8, 4) is 0 Å². The number of aliphatic hydroxyl groups is 1. The molecule has 0 rings (SSSR count). The minimum Gasteiger partial charge on any atom is -0.480 e. The molecule has 2 atom stereocenters. The highest BCUT2D eigenvalue weighted by Gasteiger charge is 2.23. The molecule has 24 heavy (non-hydrogen) atoms. The molecule has 5 N–H and O–H groups in total. The summed E-state index contributed by atoms with van der Waals surface area (Å²) < 4.78 is 5.04. The Bertz CT molecular complexity index is 433. The van der Waals surface area contributed by atoms with Gasteiger partial charge in [-0.2, -0.15) is 0 Å². The maximum absolute atomic E-state index is 12.0. The monoisotopic (exact) mass is 347 g/mol. The number of carbonyl (C=O) groups excluding carboxylic acids is 2. The van der Waals surface area contributed by atoms with E-state index in [1.54, 1.807) is 20.8 Å². The van der Waals surface area contributed by atoms with Gasteiger partial charge in [-0.25, -0.2) is 4.79 Å². The van der Waals surface area contributed by atoms with E-state index < -0.39 is 42.4 Å². The van der Waals surface area contributed by atoms with Gasteiger partial charge in [0.25, 0.3) is 0 Å². The lowest BCUT2D eigenvalue weighted by Gasteiger charge is -2.24. The summed E-state index contributed by atoms with van der Waals surface area (Å²) in [6, 6.07) is -0.778. The van der Waals surface area contributed by atoms with Crippen LogP contribution in [0.5, 0.6) is 0 Å². The highest BCUT2D eigenvalue weighted by Crippen LogP contribution is 2.07. The Morgan fingerprint density at radius 1 is 1.12 bits per heavy atom. The molecule has 9 nitrogen and oxygen atoms in total. The smallest absolute Gasteiger partial charge is 0.407 e. The second kappa shape index (κ2) is 10.1. The fourth-order valence-electron chi connectivity index (χ4n) is 1.79. The summed E-state index contributed by atoms with van der Waals surface area (Å²) in [7, 11) is 0. The number of rotatable bonds is 9. The largest absolute Gasteiger partial charge is 0.480 e. The third-order valence-electron chi connectivity index (χ3n) is 2.67. The number of aliphatic hydroxyl groups excluding tert-OH is 1. The van der Waals surface area contributed by atoms with E-state index in [4.69, 9.17) is 9.84 Å². The summed E-state index contributed by atoms with van der Waals surface area (Å²) in [5.74, 6) is -1.54. The van der Waals surface area contributed by atoms with E-state index in [1.807, 2.05) is 13.8 Å². The van der Waals surface area contributed by atoms with Gasteiger partial charge in [-0.15, -0.1) is 0 Å². The minimum atomic E-state index is -1.18. The van der Waals surface area contributed by atoms with Crippen molar-refractivity contribution in [2.75, 3.05) is 13.1 Å². The Kier molecular flexibility index (Phi) is 9.30. The lowest BCUT2D eigenvalue weighted by Crippen LogP contribution is -2.53. The van der Waals surface area contributed by atoms with E-state index in [0.29, 0.717) is 6.42 Å². The first-order valence-electron chi connectivity index (χ1n) is 7.81. The number of carbonyl (C=O) groups is 3. The number of hydrogen-bond donors (Lipinski definition) is 5. The average Bonchev–Trinajstić information content (AvgIpc) is 2.39. The molecule has 0 aromatic carbocycles. The van der Waals surface area contributed by atoms with Gasteiger partial charge in [0.1, 0.15) is 18.4 Å². The quantitative estimate of drug-likeness (QED) is 0.371. The van der Waals surface area contributed by atoms with Crippen molar-refractivity contribution in [1.29, 1.82) is 0 Å². The van der Waals surface area contributed by atoms with Crippen LogP contribution in [0.1, 0.15) is 41.0 Å². The third-order valence-corrected chi connectivity index (χ3v) is 2.67. The van der Waals surface area contributed by atoms with Crippen molar-refractivity contribution >= 4 is 18.0 Å². The summed E-state index contributed by atoms with van der Waals surface area (Å²) in [6.45, 7) is 8.28. The second-order valence-electron chi connectivity index (χ2n) is 6.86. The van der Waals surface area contributed by atoms with Gasteiger partial charge in [-0.3, -0.25) is 14.9 Å². The van der Waals surface area contributed by atoms with Crippen LogP contribution in [0.25, 0.3) is 0 Å². The van der Waals surface area contributed by atoms with Crippen LogP contribution < -0.4 is 16.0 Å². The van der Waals surface area contributed by atoms with Crippen LogP contribution in [0.3, 0.4) is 0 Å². The van der Waals surface area contributed by atoms with Crippen LogP contribution in [-0.4, -0.2) is 59.1 Å². The van der Waals surface area contributed by atoms with Gasteiger partial charge in [0, 0.05) is 0 Å². The SMILES string of the molecule is CC(C)CC(NC(O)CNC(=O)OC(C)(C)C)C(=O)NCC(=O)O. The zero-order valence-corrected chi connectivity index (χ0v) is 14.9. The van der Waals surface area contributed by atoms with Crippen LogP contribution in [0.2, 0.25) is 0 Å². The van der Waals surface area contributed by atoms with Crippen molar-refractivity contribution in [2.24, 2.45) is 5.92 Å². The fraction of sp³-hybridized carbons (Fsp3) is 0.800. The first-order chi connectivity index (χ1) is 10.9. The van der Waals surface area contributed by atoms with E-state index >= 15 is 0 Å². The summed E-state index contributed by atoms with van der Waals surface area (Å²) >= 11 is 0. The van der Waals surface area contributed by atoms with Crippen molar-refractivity contribution in [3.63, 3.8) is 0 Å². The van der Waals surface area contributed by atoms with Gasteiger partial charge in [-0.05, 0) is 33.1 Å². The van der Waals surface area contributed by atoms with Gasteiger partial charge < -0.3 is 25.6 Å². The maximum Gasteiger partial charge on any atom is 0.407 e. The van der Waals surface area contributed by atoms with Gasteiger partial charge in [0.15, 0.2) is 0 Å². The summed E-state index contributed by atoms with van der Waals surface area (Å²) in [5, 5.41) is 25.9. The molecular weight excluding hydrogens is 318 g/mol. The number of carboxylic acid groups (broad SMARTS) is 1. The number of amides is 2. The van der Waals surface area contributed by atoms with E-state index in [9.17, 15) is 19.5 Å². The molecule has 0 fully saturated rings. The molecule has 0 saturated heterocycles. The maximum atomic E-state index is 12.0. The molecule has 2 unspecified atom stereocenters. The van der Waals surface area contributed by atoms with Gasteiger partial charge >= 0.3 is 12.1 Å². The van der Waals surface area contributed by atoms with Crippen LogP contribution in [0, 0.1) is 5.92 Å². The Morgan fingerprint density at radius 2 is 1.71 bits per heavy atom. The third kappa shape index (κ3) is 11.7. The molecule has 0 aliphatic carbocycles. The Morgan fingerprint density at radius 3 is 2.17 bits per heavy atom. The molecule has 0 heterocycles. The number of ether oxygens (including phenoxy) is 1. The predicted octanol–water partition coefficient (Wildman–Crippen LogP) is 0.0346. The second-order valence-corrected chi connectivity index (χ2v) is 6.86. The molecule has 0 aromatic heterocycles. The van der Waals surface area contributed by atoms with Gasteiger partial charge in [-0.1, -0.05) is 13.8 Å². The highest BCUT2D eigenvalue weighted by atomic mass is 16.6. The molecule has 0 aliphatic heterocycles. The molecular formula is C15H29N3O6. The van der Waals surface area contributed by atoms with Crippen LogP contribution in [0.15, 0.2) is 0 Å². The zero-order chi connectivity index (χ0) is 18.9. The first-order valence-corrected chi connectivity index (χ1v) is 7.81. The molecule has 0 saturated carbocycles. The van der Waals surface area contributed by atoms with E-state index in [-0.39, 0.29) is 12.5 Å². The Balaban J connectivity index is 4.48. The molecule has 9 heteroatoms. The normalized spacial score (nSPS) is 14.0. The minimum absolute atomic E-state index is 0.143. The molecule has 0 aromatic rings. The Hall–Kier alpha value is -1.87. The molecule has 0 spiro atoms. The topological polar surface area (TPSA) is 137 Å². The number of nitrogens with one attached hydrogen (secondary N) is 3. The van der Waals surface area contributed by atoms with Gasteiger partial charge in [0.05, 0.1) is 12.6 Å². The average molecular weight is 347 g/mol. The zero-order valence-electron chi connectivity index (χ0n) is 14.9. The number of carboxylic acids is 1. The number of aliphatic carboxylic acids is 1. The standard InChI is InChI=1S/C15H29N3O6/c1-9(2)6-10(13(22)16-8-12(20)21)18-11(19)7-17-14(23)24-15(3,4)5/h9-11,18-19H,6-8H2,1-5H3,(H,16,22)(H,17,23)(H,20,21). The fourth-order valence-corrected chi connectivity index (χ4v) is 1.79. The molecule has 0 radical (unpaired) electrons. The molecule has 2 amide bonds. The van der Waals surface area contributed by atoms with Crippen molar-refractivity contribution in [1.82, 2.24) is 16.0 Å². The predicted molar refractivity (Wildman–Crippen MR) is 87.3 cm³/mol. The van der Waals surface area contributed by atoms with Crippen LogP contribution >= 0.6 is 0 Å². The van der Waals surface area contributed by atoms with Gasteiger partial charge in [0.2, 0.25) is 5.91 Å². The molecule has 0 aliphatic rings.